The van der Waals surface area contributed by atoms with Gasteiger partial charge in [-0.25, -0.2) is 0 Å². The van der Waals surface area contributed by atoms with Crippen LogP contribution in [0.25, 0.3) is 0 Å². The quantitative estimate of drug-likeness (QED) is 0.245. The Labute approximate surface area is 349 Å². The smallest absolute Gasteiger partial charge is 0.456 e. The second kappa shape index (κ2) is 24.1. The van der Waals surface area contributed by atoms with E-state index < -0.39 is 123 Å². The summed E-state index contributed by atoms with van der Waals surface area (Å²) in [6.45, 7) is 52.3. The molecule has 53 heavy (non-hydrogen) atoms. The van der Waals surface area contributed by atoms with Crippen molar-refractivity contribution in [2.45, 2.75) is 171 Å². The molecule has 0 aromatic rings. The molecule has 0 bridgehead atoms. The summed E-state index contributed by atoms with van der Waals surface area (Å²) >= 11 is 0. The van der Waals surface area contributed by atoms with Gasteiger partial charge in [-0.1, -0.05) is 7.43 Å². The zero-order chi connectivity index (χ0) is 41.9. The average Bonchev–Trinajstić information content (AvgIpc) is 2.68. The fourth-order valence-corrected chi connectivity index (χ4v) is 58.2. The Morgan fingerprint density at radius 3 is 0.906 bits per heavy atom. The zero-order valence-electron chi connectivity index (χ0n) is 38.8. The molecule has 2 heterocycles. The van der Waals surface area contributed by atoms with Crippen molar-refractivity contribution < 1.29 is 57.0 Å². The Morgan fingerprint density at radius 1 is 0.491 bits per heavy atom. The van der Waals surface area contributed by atoms with Crippen LogP contribution in [-0.2, 0) is 49.4 Å². The lowest BCUT2D eigenvalue weighted by atomic mass is 11.8. The molecule has 0 aliphatic carbocycles. The first-order valence-corrected chi connectivity index (χ1v) is 55.4. The molecule has 0 spiro atoms. The Kier molecular flexibility index (Phi) is 27.2. The predicted molar refractivity (Wildman–Crippen MR) is 261 cm³/mol. The van der Waals surface area contributed by atoms with Gasteiger partial charge in [-0.15, -0.1) is 0 Å². The average molecular weight is 1000 g/mol. The lowest BCUT2D eigenvalue weighted by Gasteiger charge is -2.46. The molecule has 2 unspecified atom stereocenters. The summed E-state index contributed by atoms with van der Waals surface area (Å²) in [4.78, 5) is 9.29. The van der Waals surface area contributed by atoms with E-state index in [2.05, 4.69) is 111 Å². The molecule has 0 saturated carbocycles. The summed E-state index contributed by atoms with van der Waals surface area (Å²) < 4.78 is 70.4. The lowest BCUT2D eigenvalue weighted by molar-refractivity contribution is 0.238. The third-order valence-corrected chi connectivity index (χ3v) is 49.8. The van der Waals surface area contributed by atoms with Gasteiger partial charge in [0.25, 0.3) is 46.4 Å². The molecule has 2 fully saturated rings. The van der Waals surface area contributed by atoms with Crippen LogP contribution < -0.4 is 0 Å². The Morgan fingerprint density at radius 2 is 0.736 bits per heavy atom. The van der Waals surface area contributed by atoms with Crippen LogP contribution in [0, 0.1) is 0 Å². The van der Waals surface area contributed by atoms with Crippen molar-refractivity contribution in [1.82, 2.24) is 0 Å². The first-order chi connectivity index (χ1) is 22.6. The molecular formula is C26H89O13Si14+. The van der Waals surface area contributed by atoms with Crippen molar-refractivity contribution in [3.8, 4) is 0 Å². The first kappa shape index (κ1) is 59.8. The van der Waals surface area contributed by atoms with Gasteiger partial charge in [0.15, 0.2) is 25.0 Å². The molecule has 2 rings (SSSR count). The topological polar surface area (TPSA) is 131 Å². The molecule has 13 nitrogen and oxygen atoms in total. The van der Waals surface area contributed by atoms with Gasteiger partial charge in [-0.05, 0) is 164 Å². The summed E-state index contributed by atoms with van der Waals surface area (Å²) in [5.41, 5.74) is 0. The highest BCUT2D eigenvalue weighted by Gasteiger charge is 2.50. The first-order valence-electron chi connectivity index (χ1n) is 18.5. The van der Waals surface area contributed by atoms with Gasteiger partial charge in [0.1, 0.15) is 0 Å². The van der Waals surface area contributed by atoms with Crippen molar-refractivity contribution in [3.05, 3.63) is 0 Å². The molecule has 27 heteroatoms. The Bertz CT molecular complexity index is 898. The minimum absolute atomic E-state index is 0. The van der Waals surface area contributed by atoms with E-state index in [-0.39, 0.29) is 10.3 Å². The van der Waals surface area contributed by atoms with Crippen LogP contribution in [0.3, 0.4) is 0 Å². The van der Waals surface area contributed by atoms with E-state index in [0.717, 1.165) is 0 Å². The van der Waals surface area contributed by atoms with Crippen molar-refractivity contribution in [1.29, 1.82) is 0 Å². The van der Waals surface area contributed by atoms with Gasteiger partial charge >= 0.3 is 53.5 Å². The standard InChI is InChI=1S/C8H24O4Si4.C7H24O4Si4.C6H18OSi2.C4H16O4Si4.CH4.H2/c1-13(2)9-14(3,4)11-16(7,8)12-15(5,6)10-13;1-12(8)9-15(6,7)11-13(2)10-14(3,4)5;1-8(2,3)7-9(4,5)6;1-9-5-10(2)7-12(4)8-11(3)6-9;;/h1-8H3;8,12-13H,1-7H3;1-6H3;9-12H,1-4H3;1H4;1H/p+1/i;;;;;1+1. The summed E-state index contributed by atoms with van der Waals surface area (Å²) in [5, 5.41) is 0. The third-order valence-electron chi connectivity index (χ3n) is 5.54. The summed E-state index contributed by atoms with van der Waals surface area (Å²) in [6, 6.07) is 0. The van der Waals surface area contributed by atoms with Crippen LogP contribution in [0.4, 0.5) is 0 Å². The third kappa shape index (κ3) is 37.3. The normalized spacial score (nSPS) is 27.1. The Hall–Kier alpha value is 2.52. The molecule has 326 valence electrons. The van der Waals surface area contributed by atoms with E-state index >= 15 is 0 Å². The van der Waals surface area contributed by atoms with Gasteiger partial charge in [-0.2, -0.15) is 0 Å². The predicted octanol–water partition coefficient (Wildman–Crippen LogP) is 7.27. The van der Waals surface area contributed by atoms with E-state index in [4.69, 9.17) is 49.4 Å². The fourth-order valence-electron chi connectivity index (χ4n) is 5.94. The molecule has 2 aliphatic rings. The molecule has 2 saturated heterocycles. The van der Waals surface area contributed by atoms with E-state index in [0.29, 0.717) is 0 Å². The van der Waals surface area contributed by atoms with Crippen LogP contribution in [0.5, 0.6) is 0 Å². The number of rotatable bonds is 8. The van der Waals surface area contributed by atoms with Gasteiger partial charge in [0, 0.05) is 1.43 Å². The highest BCUT2D eigenvalue weighted by Crippen LogP contribution is 2.30. The maximum Gasteiger partial charge on any atom is 1.00 e. The highest BCUT2D eigenvalue weighted by atomic mass is 28.5. The van der Waals surface area contributed by atoms with Crippen LogP contribution in [0.1, 0.15) is 10.3 Å². The molecule has 2 atom stereocenters. The van der Waals surface area contributed by atoms with Crippen molar-refractivity contribution in [3.63, 3.8) is 0 Å². The largest absolute Gasteiger partial charge is 1.00 e. The SMILES string of the molecule is C.C[SiH](O)O[Si](C)(C)O[SiH](C)O[Si](C)(C)C.C[SiH]1O[SiH](C)O[SiH](C)O[SiH](C)O1.C[Si](C)(C)O[Si](C)(C)C.C[Si]1(C)O[Si](C)(C)O[Si](C)(C)O[Si](C)(C)O1.[2HH].[H+]. The van der Waals surface area contributed by atoms with Crippen LogP contribution in [0.2, 0.25) is 164 Å². The fraction of sp³-hybridized carbons (Fsp3) is 1.00. The van der Waals surface area contributed by atoms with E-state index in [1.54, 1.807) is 6.55 Å². The minimum atomic E-state index is -2.16. The maximum absolute atomic E-state index is 9.29. The maximum atomic E-state index is 9.29. The second-order valence-corrected chi connectivity index (χ2v) is 63.0. The van der Waals surface area contributed by atoms with Crippen LogP contribution in [-0.4, -0.2) is 128 Å². The molecule has 2 aliphatic heterocycles. The molecule has 0 aromatic carbocycles. The van der Waals surface area contributed by atoms with Gasteiger partial charge < -0.3 is 54.2 Å². The molecule has 0 amide bonds. The minimum Gasteiger partial charge on any atom is -0.456 e. The van der Waals surface area contributed by atoms with Crippen molar-refractivity contribution in [2.24, 2.45) is 0 Å². The second-order valence-electron chi connectivity index (χ2n) is 18.2. The van der Waals surface area contributed by atoms with Gasteiger partial charge in [0.05, 0.1) is 0 Å². The molecule has 0 radical (unpaired) electrons. The zero-order valence-corrected chi connectivity index (χ0v) is 52.7. The van der Waals surface area contributed by atoms with Crippen LogP contribution in [0.15, 0.2) is 0 Å². The van der Waals surface area contributed by atoms with E-state index in [1.165, 1.54) is 0 Å². The molecule has 1 N–H and O–H groups in total. The molecular weight excluding hydrogens is 913 g/mol. The molecule has 0 aromatic heterocycles. The van der Waals surface area contributed by atoms with Crippen LogP contribution >= 0.6 is 0 Å². The summed E-state index contributed by atoms with van der Waals surface area (Å²) in [7, 11) is -23.8. The lowest BCUT2D eigenvalue weighted by Crippen LogP contribution is -2.64. The van der Waals surface area contributed by atoms with E-state index in [1.807, 2.05) is 45.8 Å². The van der Waals surface area contributed by atoms with Crippen molar-refractivity contribution >= 4 is 123 Å². The van der Waals surface area contributed by atoms with Gasteiger partial charge in [-0.3, -0.25) is 0 Å². The summed E-state index contributed by atoms with van der Waals surface area (Å²) in [5.74, 6) is 0. The number of hydrogen-bond acceptors (Lipinski definition) is 13. The Balaban J connectivity index is -0.000000202. The summed E-state index contributed by atoms with van der Waals surface area (Å²) in [6.07, 6.45) is 0. The number of hydrogen-bond donors (Lipinski definition) is 1. The van der Waals surface area contributed by atoms with E-state index in [9.17, 15) is 4.80 Å². The monoisotopic (exact) mass is 1000 g/mol. The highest BCUT2D eigenvalue weighted by molar-refractivity contribution is 6.92. The van der Waals surface area contributed by atoms with Gasteiger partial charge in [0.2, 0.25) is 0 Å². The van der Waals surface area contributed by atoms with Crippen molar-refractivity contribution in [2.75, 3.05) is 0 Å².